The van der Waals surface area contributed by atoms with Gasteiger partial charge in [0.15, 0.2) is 0 Å². The number of aliphatic hydroxyl groups excluding tert-OH is 1. The zero-order valence-corrected chi connectivity index (χ0v) is 12.1. The van der Waals surface area contributed by atoms with Crippen LogP contribution in [0.2, 0.25) is 0 Å². The van der Waals surface area contributed by atoms with Crippen molar-refractivity contribution in [2.45, 2.75) is 39.8 Å². The molecule has 0 aromatic carbocycles. The van der Waals surface area contributed by atoms with Crippen LogP contribution < -0.4 is 5.32 Å². The molecule has 2 N–H and O–H groups in total. The molecule has 0 amide bonds. The fraction of sp³-hybridized carbons (Fsp3) is 1.00. The second-order valence-corrected chi connectivity index (χ2v) is 5.36. The van der Waals surface area contributed by atoms with E-state index in [0.717, 1.165) is 19.7 Å². The molecular formula is C13H30N2O2. The van der Waals surface area contributed by atoms with Crippen molar-refractivity contribution in [1.82, 2.24) is 10.2 Å². The number of hydrogen-bond acceptors (Lipinski definition) is 4. The van der Waals surface area contributed by atoms with Crippen molar-refractivity contribution < 1.29 is 9.84 Å². The van der Waals surface area contributed by atoms with E-state index in [1.165, 1.54) is 0 Å². The van der Waals surface area contributed by atoms with E-state index < -0.39 is 0 Å². The molecule has 0 saturated heterocycles. The van der Waals surface area contributed by atoms with Crippen LogP contribution >= 0.6 is 0 Å². The smallest absolute Gasteiger partial charge is 0.0791 e. The van der Waals surface area contributed by atoms with Crippen LogP contribution in [0.4, 0.5) is 0 Å². The van der Waals surface area contributed by atoms with Gasteiger partial charge in [-0.3, -0.25) is 4.90 Å². The highest BCUT2D eigenvalue weighted by atomic mass is 16.5. The largest absolute Gasteiger partial charge is 0.390 e. The van der Waals surface area contributed by atoms with Crippen LogP contribution in [-0.4, -0.2) is 62.0 Å². The molecule has 0 aliphatic rings. The summed E-state index contributed by atoms with van der Waals surface area (Å²) in [6, 6.07) is 0.419. The molecule has 17 heavy (non-hydrogen) atoms. The van der Waals surface area contributed by atoms with Gasteiger partial charge in [0, 0.05) is 39.3 Å². The Kier molecular flexibility index (Phi) is 9.74. The van der Waals surface area contributed by atoms with Crippen molar-refractivity contribution in [2.75, 3.05) is 39.9 Å². The van der Waals surface area contributed by atoms with Crippen molar-refractivity contribution >= 4 is 0 Å². The van der Waals surface area contributed by atoms with E-state index >= 15 is 0 Å². The van der Waals surface area contributed by atoms with Gasteiger partial charge in [0.2, 0.25) is 0 Å². The van der Waals surface area contributed by atoms with E-state index in [2.05, 4.69) is 37.9 Å². The third-order valence-electron chi connectivity index (χ3n) is 2.47. The van der Waals surface area contributed by atoms with Gasteiger partial charge in [-0.2, -0.15) is 0 Å². The second-order valence-electron chi connectivity index (χ2n) is 5.36. The molecule has 4 heteroatoms. The molecule has 0 aromatic heterocycles. The number of nitrogens with zero attached hydrogens (tertiary/aromatic N) is 1. The third-order valence-corrected chi connectivity index (χ3v) is 2.47. The van der Waals surface area contributed by atoms with E-state index in [1.54, 1.807) is 7.11 Å². The summed E-state index contributed by atoms with van der Waals surface area (Å²) < 4.78 is 5.09. The molecule has 4 nitrogen and oxygen atoms in total. The molecule has 1 unspecified atom stereocenters. The van der Waals surface area contributed by atoms with Gasteiger partial charge < -0.3 is 15.2 Å². The Morgan fingerprint density at radius 2 is 1.82 bits per heavy atom. The maximum Gasteiger partial charge on any atom is 0.0791 e. The molecule has 0 fully saturated rings. The van der Waals surface area contributed by atoms with Crippen LogP contribution in [0, 0.1) is 5.92 Å². The molecule has 0 radical (unpaired) electrons. The van der Waals surface area contributed by atoms with E-state index in [0.29, 0.717) is 25.0 Å². The molecule has 0 heterocycles. The van der Waals surface area contributed by atoms with Crippen LogP contribution in [0.5, 0.6) is 0 Å². The summed E-state index contributed by atoms with van der Waals surface area (Å²) in [7, 11) is 1.71. The lowest BCUT2D eigenvalue weighted by molar-refractivity contribution is 0.0811. The van der Waals surface area contributed by atoms with E-state index in [9.17, 15) is 5.11 Å². The van der Waals surface area contributed by atoms with Crippen molar-refractivity contribution in [3.63, 3.8) is 0 Å². The monoisotopic (exact) mass is 246 g/mol. The third kappa shape index (κ3) is 10.7. The molecule has 0 aliphatic carbocycles. The highest BCUT2D eigenvalue weighted by Gasteiger charge is 2.13. The summed E-state index contributed by atoms with van der Waals surface area (Å²) in [5, 5.41) is 13.2. The molecule has 0 saturated carbocycles. The molecule has 0 bridgehead atoms. The fourth-order valence-electron chi connectivity index (χ4n) is 1.73. The number of aliphatic hydroxyl groups is 1. The van der Waals surface area contributed by atoms with Crippen LogP contribution in [-0.2, 0) is 4.74 Å². The van der Waals surface area contributed by atoms with Crippen molar-refractivity contribution in [3.8, 4) is 0 Å². The highest BCUT2D eigenvalue weighted by molar-refractivity contribution is 4.69. The summed E-state index contributed by atoms with van der Waals surface area (Å²) >= 11 is 0. The predicted octanol–water partition coefficient (Wildman–Crippen LogP) is 0.950. The summed E-state index contributed by atoms with van der Waals surface area (Å²) in [4.78, 5) is 2.26. The van der Waals surface area contributed by atoms with Crippen LogP contribution in [0.15, 0.2) is 0 Å². The van der Waals surface area contributed by atoms with Gasteiger partial charge in [-0.1, -0.05) is 27.7 Å². The molecule has 0 spiro atoms. The van der Waals surface area contributed by atoms with Gasteiger partial charge in [0.1, 0.15) is 0 Å². The quantitative estimate of drug-likeness (QED) is 0.602. The Hall–Kier alpha value is -0.160. The minimum absolute atomic E-state index is 0.312. The number of hydrogen-bond donors (Lipinski definition) is 2. The maximum atomic E-state index is 9.94. The Labute approximate surface area is 106 Å². The number of methoxy groups -OCH3 is 1. The SMILES string of the molecule is COCCN(CC(C)C)CC(O)CNC(C)C. The summed E-state index contributed by atoms with van der Waals surface area (Å²) in [6.07, 6.45) is -0.312. The average molecular weight is 246 g/mol. The Morgan fingerprint density at radius 1 is 1.18 bits per heavy atom. The zero-order chi connectivity index (χ0) is 13.3. The van der Waals surface area contributed by atoms with E-state index in [4.69, 9.17) is 4.74 Å². The number of rotatable bonds is 10. The van der Waals surface area contributed by atoms with Crippen LogP contribution in [0.3, 0.4) is 0 Å². The van der Waals surface area contributed by atoms with Crippen molar-refractivity contribution in [3.05, 3.63) is 0 Å². The Morgan fingerprint density at radius 3 is 2.29 bits per heavy atom. The van der Waals surface area contributed by atoms with Crippen LogP contribution in [0.25, 0.3) is 0 Å². The fourth-order valence-corrected chi connectivity index (χ4v) is 1.73. The maximum absolute atomic E-state index is 9.94. The van der Waals surface area contributed by atoms with Crippen LogP contribution in [0.1, 0.15) is 27.7 Å². The zero-order valence-electron chi connectivity index (χ0n) is 12.1. The van der Waals surface area contributed by atoms with E-state index in [1.807, 2.05) is 0 Å². The average Bonchev–Trinajstić information content (AvgIpc) is 2.22. The molecule has 0 aliphatic heterocycles. The Balaban J connectivity index is 3.93. The van der Waals surface area contributed by atoms with E-state index in [-0.39, 0.29) is 6.10 Å². The lowest BCUT2D eigenvalue weighted by Gasteiger charge is -2.26. The normalized spacial score (nSPS) is 13.9. The van der Waals surface area contributed by atoms with Gasteiger partial charge in [-0.05, 0) is 5.92 Å². The minimum atomic E-state index is -0.312. The summed E-state index contributed by atoms with van der Waals surface area (Å²) in [5.74, 6) is 0.608. The van der Waals surface area contributed by atoms with Gasteiger partial charge in [-0.15, -0.1) is 0 Å². The van der Waals surface area contributed by atoms with Gasteiger partial charge >= 0.3 is 0 Å². The first-order valence-electron chi connectivity index (χ1n) is 6.58. The standard InChI is InChI=1S/C13H30N2O2/c1-11(2)9-15(6-7-17-5)10-13(16)8-14-12(3)4/h11-14,16H,6-10H2,1-5H3. The van der Waals surface area contributed by atoms with Gasteiger partial charge in [0.25, 0.3) is 0 Å². The first kappa shape index (κ1) is 16.8. The minimum Gasteiger partial charge on any atom is -0.390 e. The number of ether oxygens (including phenoxy) is 1. The van der Waals surface area contributed by atoms with Crippen molar-refractivity contribution in [1.29, 1.82) is 0 Å². The molecular weight excluding hydrogens is 216 g/mol. The molecule has 0 aromatic rings. The first-order valence-corrected chi connectivity index (χ1v) is 6.58. The highest BCUT2D eigenvalue weighted by Crippen LogP contribution is 2.00. The van der Waals surface area contributed by atoms with Gasteiger partial charge in [0.05, 0.1) is 12.7 Å². The predicted molar refractivity (Wildman–Crippen MR) is 72.3 cm³/mol. The number of nitrogens with one attached hydrogen (secondary N) is 1. The lowest BCUT2D eigenvalue weighted by atomic mass is 10.2. The molecule has 1 atom stereocenters. The summed E-state index contributed by atoms with van der Waals surface area (Å²) in [6.45, 7) is 12.5. The van der Waals surface area contributed by atoms with Gasteiger partial charge in [-0.25, -0.2) is 0 Å². The summed E-state index contributed by atoms with van der Waals surface area (Å²) in [5.41, 5.74) is 0. The van der Waals surface area contributed by atoms with Crippen molar-refractivity contribution in [2.24, 2.45) is 5.92 Å². The molecule has 0 rings (SSSR count). The Bertz CT molecular complexity index is 175. The second kappa shape index (κ2) is 9.83. The lowest BCUT2D eigenvalue weighted by Crippen LogP contribution is -2.42. The first-order chi connectivity index (χ1) is 7.95. The topological polar surface area (TPSA) is 44.7 Å². The molecule has 104 valence electrons.